The minimum absolute atomic E-state index is 0.312. The third kappa shape index (κ3) is 6.01. The van der Waals surface area contributed by atoms with Crippen LogP contribution in [-0.2, 0) is 4.57 Å². The number of anilines is 1. The van der Waals surface area contributed by atoms with Crippen LogP contribution < -0.4 is 9.99 Å². The number of unbranched alkanes of at least 4 members (excludes halogenated alkanes) is 2. The van der Waals surface area contributed by atoms with Gasteiger partial charge in [0.25, 0.3) is 0 Å². The Hall–Kier alpha value is -1.05. The number of carbonyl (C=O) groups is 1. The van der Waals surface area contributed by atoms with Crippen molar-refractivity contribution in [3.63, 3.8) is 0 Å². The van der Waals surface area contributed by atoms with E-state index in [1.165, 1.54) is 4.90 Å². The van der Waals surface area contributed by atoms with E-state index in [9.17, 15) is 9.36 Å². The number of nitrogens with one attached hydrogen (secondary N) is 1. The molecule has 0 bridgehead atoms. The summed E-state index contributed by atoms with van der Waals surface area (Å²) in [7, 11) is -2.53. The zero-order valence-electron chi connectivity index (χ0n) is 14.6. The van der Waals surface area contributed by atoms with E-state index < -0.39 is 13.8 Å². The van der Waals surface area contributed by atoms with Gasteiger partial charge in [-0.1, -0.05) is 31.9 Å². The Kier molecular flexibility index (Phi) is 7.34. The molecule has 1 fully saturated rings. The molecule has 2 amide bonds. The SMILES string of the molecule is CCCCCN(C(=O)NP(=O)(O)O)c1ccc(C2SCCN2C)cc1. The standard InChI is InChI=1S/C16H26N3O4PS/c1-3-4-5-10-19(16(20)17-24(21,22)23)14-8-6-13(7-9-14)15-18(2)11-12-25-15/h6-9,15H,3-5,10-12H2,1-2H3,(H3,17,20,21,22,23). The molecule has 3 N–H and O–H groups in total. The van der Waals surface area contributed by atoms with Crippen LogP contribution >= 0.6 is 19.5 Å². The highest BCUT2D eigenvalue weighted by molar-refractivity contribution is 7.99. The van der Waals surface area contributed by atoms with Gasteiger partial charge in [0.2, 0.25) is 0 Å². The smallest absolute Gasteiger partial charge is 0.308 e. The molecule has 1 aliphatic heterocycles. The van der Waals surface area contributed by atoms with Crippen molar-refractivity contribution in [3.8, 4) is 0 Å². The number of nitrogens with zero attached hydrogens (tertiary/aromatic N) is 2. The van der Waals surface area contributed by atoms with Crippen molar-refractivity contribution in [1.82, 2.24) is 9.99 Å². The maximum absolute atomic E-state index is 12.3. The maximum Gasteiger partial charge on any atom is 0.431 e. The molecule has 1 aromatic carbocycles. The second kappa shape index (κ2) is 9.05. The quantitative estimate of drug-likeness (QED) is 0.492. The van der Waals surface area contributed by atoms with Crippen molar-refractivity contribution in [2.75, 3.05) is 30.8 Å². The number of thioether (sulfide) groups is 1. The van der Waals surface area contributed by atoms with Crippen molar-refractivity contribution >= 4 is 31.2 Å². The molecule has 7 nitrogen and oxygen atoms in total. The predicted molar refractivity (Wildman–Crippen MR) is 102 cm³/mol. The van der Waals surface area contributed by atoms with Crippen molar-refractivity contribution in [2.24, 2.45) is 0 Å². The largest absolute Gasteiger partial charge is 0.431 e. The van der Waals surface area contributed by atoms with E-state index >= 15 is 0 Å². The van der Waals surface area contributed by atoms with E-state index in [0.29, 0.717) is 17.6 Å². The Balaban J connectivity index is 2.15. The first-order valence-corrected chi connectivity index (χ1v) is 11.0. The lowest BCUT2D eigenvalue weighted by atomic mass is 10.1. The summed E-state index contributed by atoms with van der Waals surface area (Å²) in [4.78, 5) is 34.0. The Morgan fingerprint density at radius 3 is 2.56 bits per heavy atom. The summed E-state index contributed by atoms with van der Waals surface area (Å²) in [6, 6.07) is 6.86. The maximum atomic E-state index is 12.3. The number of hydrogen-bond donors (Lipinski definition) is 3. The fourth-order valence-electron chi connectivity index (χ4n) is 2.78. The van der Waals surface area contributed by atoms with Crippen molar-refractivity contribution in [3.05, 3.63) is 29.8 Å². The topological polar surface area (TPSA) is 93.1 Å². The number of amides is 2. The van der Waals surface area contributed by atoms with E-state index in [-0.39, 0.29) is 0 Å². The van der Waals surface area contributed by atoms with Crippen LogP contribution in [0.4, 0.5) is 10.5 Å². The van der Waals surface area contributed by atoms with Crippen LogP contribution in [0.3, 0.4) is 0 Å². The van der Waals surface area contributed by atoms with Crippen LogP contribution in [-0.4, -0.2) is 46.6 Å². The third-order valence-corrected chi connectivity index (χ3v) is 5.93. The van der Waals surface area contributed by atoms with Crippen molar-refractivity contribution in [1.29, 1.82) is 0 Å². The number of benzene rings is 1. The Morgan fingerprint density at radius 1 is 1.36 bits per heavy atom. The molecule has 0 aliphatic carbocycles. The van der Waals surface area contributed by atoms with Gasteiger partial charge in [0, 0.05) is 24.5 Å². The molecular formula is C16H26N3O4PS. The number of rotatable bonds is 7. The van der Waals surface area contributed by atoms with Gasteiger partial charge in [-0.2, -0.15) is 0 Å². The van der Waals surface area contributed by atoms with Crippen LogP contribution in [0, 0.1) is 0 Å². The van der Waals surface area contributed by atoms with E-state index in [4.69, 9.17) is 9.79 Å². The molecule has 0 saturated carbocycles. The van der Waals surface area contributed by atoms with Crippen molar-refractivity contribution in [2.45, 2.75) is 31.6 Å². The highest BCUT2D eigenvalue weighted by atomic mass is 32.2. The summed E-state index contributed by atoms with van der Waals surface area (Å²) >= 11 is 1.88. The van der Waals surface area contributed by atoms with E-state index in [2.05, 4.69) is 18.9 Å². The molecule has 1 saturated heterocycles. The molecule has 0 spiro atoms. The van der Waals surface area contributed by atoms with E-state index in [1.807, 2.05) is 36.0 Å². The van der Waals surface area contributed by atoms with Gasteiger partial charge in [-0.15, -0.1) is 11.8 Å². The first kappa shape index (κ1) is 20.3. The Morgan fingerprint density at radius 2 is 2.04 bits per heavy atom. The Labute approximate surface area is 153 Å². The molecule has 2 rings (SSSR count). The molecule has 25 heavy (non-hydrogen) atoms. The van der Waals surface area contributed by atoms with Crippen LogP contribution in [0.5, 0.6) is 0 Å². The monoisotopic (exact) mass is 387 g/mol. The predicted octanol–water partition coefficient (Wildman–Crippen LogP) is 3.16. The van der Waals surface area contributed by atoms with E-state index in [0.717, 1.165) is 37.1 Å². The van der Waals surface area contributed by atoms with E-state index in [1.54, 1.807) is 5.09 Å². The summed E-state index contributed by atoms with van der Waals surface area (Å²) in [6.45, 7) is 3.52. The molecule has 1 aromatic rings. The summed E-state index contributed by atoms with van der Waals surface area (Å²) in [5.41, 5.74) is 1.80. The van der Waals surface area contributed by atoms with Gasteiger partial charge >= 0.3 is 13.8 Å². The van der Waals surface area contributed by atoms with Crippen LogP contribution in [0.2, 0.25) is 0 Å². The second-order valence-electron chi connectivity index (χ2n) is 6.12. The Bertz CT molecular complexity index is 622. The number of hydrogen-bond acceptors (Lipinski definition) is 4. The minimum atomic E-state index is -4.62. The zero-order chi connectivity index (χ0) is 18.4. The second-order valence-corrected chi connectivity index (χ2v) is 8.61. The number of carbonyl (C=O) groups excluding carboxylic acids is 1. The van der Waals surface area contributed by atoms with Crippen LogP contribution in [0.15, 0.2) is 24.3 Å². The highest BCUT2D eigenvalue weighted by Crippen LogP contribution is 2.37. The third-order valence-electron chi connectivity index (χ3n) is 4.08. The lowest BCUT2D eigenvalue weighted by Crippen LogP contribution is -2.39. The molecule has 1 heterocycles. The highest BCUT2D eigenvalue weighted by Gasteiger charge is 2.25. The van der Waals surface area contributed by atoms with Crippen LogP contribution in [0.25, 0.3) is 0 Å². The van der Waals surface area contributed by atoms with Crippen LogP contribution in [0.1, 0.15) is 37.1 Å². The van der Waals surface area contributed by atoms with Gasteiger partial charge in [-0.3, -0.25) is 9.80 Å². The molecule has 1 unspecified atom stereocenters. The summed E-state index contributed by atoms with van der Waals surface area (Å²) in [6.07, 6.45) is 2.72. The van der Waals surface area contributed by atoms with Gasteiger partial charge in [-0.05, 0) is 31.2 Å². The van der Waals surface area contributed by atoms with Crippen molar-refractivity contribution < 1.29 is 19.1 Å². The molecular weight excluding hydrogens is 361 g/mol. The fourth-order valence-corrected chi connectivity index (χ4v) is 4.47. The number of urea groups is 1. The summed E-state index contributed by atoms with van der Waals surface area (Å²) in [5, 5.41) is 2.07. The van der Waals surface area contributed by atoms with Gasteiger partial charge in [-0.25, -0.2) is 14.4 Å². The van der Waals surface area contributed by atoms with Gasteiger partial charge in [0.05, 0.1) is 5.37 Å². The first-order chi connectivity index (χ1) is 11.8. The lowest BCUT2D eigenvalue weighted by Gasteiger charge is -2.24. The fraction of sp³-hybridized carbons (Fsp3) is 0.562. The molecule has 1 aliphatic rings. The average molecular weight is 387 g/mol. The van der Waals surface area contributed by atoms with Gasteiger partial charge in [0.1, 0.15) is 0 Å². The molecule has 0 aromatic heterocycles. The summed E-state index contributed by atoms with van der Waals surface area (Å²) in [5.74, 6) is 1.09. The molecule has 9 heteroatoms. The summed E-state index contributed by atoms with van der Waals surface area (Å²) < 4.78 is 11.1. The van der Waals surface area contributed by atoms with Gasteiger partial charge < -0.3 is 9.79 Å². The molecule has 1 atom stereocenters. The minimum Gasteiger partial charge on any atom is -0.308 e. The normalized spacial score (nSPS) is 18.3. The molecule has 140 valence electrons. The first-order valence-electron chi connectivity index (χ1n) is 8.39. The zero-order valence-corrected chi connectivity index (χ0v) is 16.3. The van der Waals surface area contributed by atoms with Gasteiger partial charge in [0.15, 0.2) is 0 Å². The average Bonchev–Trinajstić information content (AvgIpc) is 2.96. The molecule has 0 radical (unpaired) electrons. The lowest BCUT2D eigenvalue weighted by molar-refractivity contribution is 0.247.